The number of amides is 6. The third-order valence-electron chi connectivity index (χ3n) is 12.3. The SMILES string of the molecule is CC(C)[C@@H]1NC(=O)[C@@H](Cc2c[nH]c3ccccc23)NC(=O)[C@H](C(C)C)NC(=O)[C@H]2CCCN2C(=O)[C@H](Cc2c[nH]c3ccccc23)NC(=O)[C@@H](C(C)C)NC(=O)[C@@H]2CSC1N2. The van der Waals surface area contributed by atoms with Crippen molar-refractivity contribution >= 4 is 69.0 Å². The Balaban J connectivity index is 1.24. The van der Waals surface area contributed by atoms with Gasteiger partial charge < -0.3 is 41.5 Å². The molecule has 15 nitrogen and oxygen atoms in total. The Labute approximate surface area is 360 Å². The van der Waals surface area contributed by atoms with E-state index in [4.69, 9.17) is 0 Å². The van der Waals surface area contributed by atoms with Crippen LogP contribution in [0.15, 0.2) is 60.9 Å². The molecule has 8 atom stereocenters. The van der Waals surface area contributed by atoms with Gasteiger partial charge >= 0.3 is 0 Å². The highest BCUT2D eigenvalue weighted by molar-refractivity contribution is 8.00. The van der Waals surface area contributed by atoms with E-state index in [1.165, 1.54) is 16.7 Å². The van der Waals surface area contributed by atoms with Gasteiger partial charge in [0.1, 0.15) is 30.2 Å². The molecule has 0 aliphatic carbocycles. The number of nitrogens with one attached hydrogen (secondary N) is 8. The second kappa shape index (κ2) is 18.7. The first kappa shape index (κ1) is 43.7. The van der Waals surface area contributed by atoms with E-state index in [2.05, 4.69) is 41.9 Å². The van der Waals surface area contributed by atoms with E-state index in [0.29, 0.717) is 18.6 Å². The van der Waals surface area contributed by atoms with Crippen LogP contribution in [0.3, 0.4) is 0 Å². The fraction of sp³-hybridized carbons (Fsp3) is 0.511. The highest BCUT2D eigenvalue weighted by Crippen LogP contribution is 2.28. The molecule has 0 spiro atoms. The first-order chi connectivity index (χ1) is 29.2. The molecule has 0 saturated carbocycles. The molecule has 1 unspecified atom stereocenters. The van der Waals surface area contributed by atoms with Crippen LogP contribution < -0.4 is 31.9 Å². The third-order valence-corrected chi connectivity index (χ3v) is 13.6. The Bertz CT molecular complexity index is 2270. The van der Waals surface area contributed by atoms with Gasteiger partial charge in [0.25, 0.3) is 0 Å². The van der Waals surface area contributed by atoms with E-state index in [1.54, 1.807) is 0 Å². The maximum Gasteiger partial charge on any atom is 0.246 e. The number of benzene rings is 2. The molecule has 0 radical (unpaired) electrons. The van der Waals surface area contributed by atoms with E-state index < -0.39 is 71.8 Å². The highest BCUT2D eigenvalue weighted by Gasteiger charge is 2.43. The summed E-state index contributed by atoms with van der Waals surface area (Å²) in [6.45, 7) is 11.6. The zero-order valence-corrected chi connectivity index (χ0v) is 36.5. The Kier molecular flexibility index (Phi) is 13.4. The van der Waals surface area contributed by atoms with Crippen LogP contribution in [0.5, 0.6) is 0 Å². The Morgan fingerprint density at radius 3 is 1.74 bits per heavy atom. The minimum atomic E-state index is -1.07. The standard InChI is InChI=1S/C45H59N9O6S/c1-23(2)36-43(59)49-33(19-27-21-47-31-15-10-8-13-29(27)31)45(60)54-17-11-16-35(54)41(57)52-37(24(3)4)42(58)48-32(18-26-20-46-30-14-9-7-12-28(26)30)39(55)53-38(25(5)6)44-50-34(22-61-44)40(56)51-36/h7-10,12-15,20-21,23-25,32-38,44,46-47,50H,11,16-19,22H2,1-6H3,(H,48,58)(H,49,59)(H,51,56)(H,52,57)(H,53,55)/t32-,33+,34+,35-,36-,37+,38+,44?/m1/s1. The number of hydrogen-bond donors (Lipinski definition) is 8. The summed E-state index contributed by atoms with van der Waals surface area (Å²) in [6.07, 6.45) is 4.86. The Morgan fingerprint density at radius 1 is 0.623 bits per heavy atom. The molecule has 2 aromatic heterocycles. The lowest BCUT2D eigenvalue weighted by Gasteiger charge is -2.32. The number of H-pyrrole nitrogens is 2. The molecule has 8 N–H and O–H groups in total. The summed E-state index contributed by atoms with van der Waals surface area (Å²) >= 11 is 1.50. The van der Waals surface area contributed by atoms with Crippen molar-refractivity contribution in [3.63, 3.8) is 0 Å². The average molecular weight is 854 g/mol. The van der Waals surface area contributed by atoms with Crippen molar-refractivity contribution in [2.75, 3.05) is 12.3 Å². The van der Waals surface area contributed by atoms with Crippen molar-refractivity contribution in [3.8, 4) is 0 Å². The van der Waals surface area contributed by atoms with E-state index in [9.17, 15) is 28.8 Å². The molecule has 16 heteroatoms. The molecule has 3 aliphatic heterocycles. The van der Waals surface area contributed by atoms with Gasteiger partial charge in [-0.05, 0) is 53.9 Å². The smallest absolute Gasteiger partial charge is 0.246 e. The van der Waals surface area contributed by atoms with E-state index in [0.717, 1.165) is 32.9 Å². The zero-order valence-electron chi connectivity index (χ0n) is 35.7. The van der Waals surface area contributed by atoms with Gasteiger partial charge in [0, 0.05) is 59.3 Å². The summed E-state index contributed by atoms with van der Waals surface area (Å²) in [5.41, 5.74) is 3.42. The van der Waals surface area contributed by atoms with Crippen molar-refractivity contribution in [2.45, 2.75) is 115 Å². The Morgan fingerprint density at radius 2 is 1.16 bits per heavy atom. The maximum atomic E-state index is 14.7. The van der Waals surface area contributed by atoms with Gasteiger partial charge in [-0.25, -0.2) is 0 Å². The van der Waals surface area contributed by atoms with Gasteiger partial charge in [0.05, 0.1) is 17.5 Å². The van der Waals surface area contributed by atoms with Crippen LogP contribution in [0.4, 0.5) is 0 Å². The number of carbonyl (C=O) groups excluding carboxylic acids is 6. The first-order valence-electron chi connectivity index (χ1n) is 21.5. The predicted molar refractivity (Wildman–Crippen MR) is 236 cm³/mol. The molecule has 2 bridgehead atoms. The summed E-state index contributed by atoms with van der Waals surface area (Å²) in [7, 11) is 0. The summed E-state index contributed by atoms with van der Waals surface area (Å²) < 4.78 is 0. The van der Waals surface area contributed by atoms with Crippen LogP contribution in [0, 0.1) is 17.8 Å². The van der Waals surface area contributed by atoms with Gasteiger partial charge in [0.2, 0.25) is 35.4 Å². The summed E-state index contributed by atoms with van der Waals surface area (Å²) in [6, 6.07) is 9.30. The minimum Gasteiger partial charge on any atom is -0.361 e. The van der Waals surface area contributed by atoms with Crippen LogP contribution in [0.25, 0.3) is 21.8 Å². The van der Waals surface area contributed by atoms with Crippen molar-refractivity contribution < 1.29 is 28.8 Å². The number of hydrogen-bond acceptors (Lipinski definition) is 8. The van der Waals surface area contributed by atoms with Crippen molar-refractivity contribution in [3.05, 3.63) is 72.1 Å². The van der Waals surface area contributed by atoms with Crippen LogP contribution in [-0.4, -0.2) is 110 Å². The van der Waals surface area contributed by atoms with Crippen LogP contribution in [0.1, 0.15) is 65.5 Å². The summed E-state index contributed by atoms with van der Waals surface area (Å²) in [5, 5.41) is 20.0. The molecule has 4 aromatic rings. The normalized spacial score (nSPS) is 27.5. The first-order valence-corrected chi connectivity index (χ1v) is 22.5. The van der Waals surface area contributed by atoms with Crippen molar-refractivity contribution in [2.24, 2.45) is 17.8 Å². The van der Waals surface area contributed by atoms with Crippen LogP contribution in [0.2, 0.25) is 0 Å². The molecule has 326 valence electrons. The number of thioether (sulfide) groups is 1. The van der Waals surface area contributed by atoms with Crippen molar-refractivity contribution in [1.29, 1.82) is 0 Å². The second-order valence-corrected chi connectivity index (χ2v) is 18.8. The van der Waals surface area contributed by atoms with Gasteiger partial charge in [-0.2, -0.15) is 0 Å². The average Bonchev–Trinajstić information content (AvgIpc) is 4.07. The van der Waals surface area contributed by atoms with Gasteiger partial charge in [-0.1, -0.05) is 77.9 Å². The lowest BCUT2D eigenvalue weighted by atomic mass is 9.98. The molecular weight excluding hydrogens is 795 g/mol. The molecule has 2 aromatic carbocycles. The fourth-order valence-electron chi connectivity index (χ4n) is 8.76. The van der Waals surface area contributed by atoms with Crippen molar-refractivity contribution in [1.82, 2.24) is 46.8 Å². The van der Waals surface area contributed by atoms with E-state index in [1.807, 2.05) is 102 Å². The Hall–Kier alpha value is -5.35. The number of nitrogens with zero attached hydrogens (tertiary/aromatic N) is 1. The van der Waals surface area contributed by atoms with E-state index >= 15 is 0 Å². The largest absolute Gasteiger partial charge is 0.361 e. The maximum absolute atomic E-state index is 14.7. The lowest BCUT2D eigenvalue weighted by Crippen LogP contribution is -2.61. The molecule has 5 heterocycles. The van der Waals surface area contributed by atoms with Gasteiger partial charge in [-0.15, -0.1) is 11.8 Å². The molecule has 7 rings (SSSR count). The van der Waals surface area contributed by atoms with Gasteiger partial charge in [-0.3, -0.25) is 34.1 Å². The highest BCUT2D eigenvalue weighted by atomic mass is 32.2. The molecule has 3 saturated heterocycles. The molecule has 6 amide bonds. The lowest BCUT2D eigenvalue weighted by molar-refractivity contribution is -0.143. The number of para-hydroxylation sites is 2. The number of carbonyl (C=O) groups is 6. The summed E-state index contributed by atoms with van der Waals surface area (Å²) in [5.74, 6) is -3.13. The second-order valence-electron chi connectivity index (χ2n) is 17.7. The number of rotatable bonds is 7. The van der Waals surface area contributed by atoms with Crippen LogP contribution in [-0.2, 0) is 41.6 Å². The third kappa shape index (κ3) is 9.60. The number of aromatic nitrogens is 2. The summed E-state index contributed by atoms with van der Waals surface area (Å²) in [4.78, 5) is 94.0. The monoisotopic (exact) mass is 853 g/mol. The molecule has 3 aliphatic rings. The fourth-order valence-corrected chi connectivity index (χ4v) is 10.3. The number of aromatic amines is 2. The topological polar surface area (TPSA) is 209 Å². The van der Waals surface area contributed by atoms with Gasteiger partial charge in [0.15, 0.2) is 0 Å². The van der Waals surface area contributed by atoms with E-state index in [-0.39, 0.29) is 48.4 Å². The predicted octanol–water partition coefficient (Wildman–Crippen LogP) is 2.86. The van der Waals surface area contributed by atoms with Crippen LogP contribution >= 0.6 is 11.8 Å². The molecular formula is C45H59N9O6S. The molecule has 61 heavy (non-hydrogen) atoms. The number of fused-ring (bicyclic) bond motifs is 5. The minimum absolute atomic E-state index is 0.0697. The quantitative estimate of drug-likeness (QED) is 0.138. The molecule has 3 fully saturated rings. The zero-order chi connectivity index (χ0) is 43.5.